The molecule has 0 bridgehead atoms. The van der Waals surface area contributed by atoms with E-state index in [0.29, 0.717) is 19.3 Å². The Labute approximate surface area is 399 Å². The molecular weight excluding hydrogens is 791 g/mol. The number of carbonyl (C=O) groups is 2. The van der Waals surface area contributed by atoms with Crippen molar-refractivity contribution in [2.24, 2.45) is 0 Å². The van der Waals surface area contributed by atoms with Gasteiger partial charge in [0.2, 0.25) is 5.91 Å². The van der Waals surface area contributed by atoms with Crippen LogP contribution in [0.5, 0.6) is 0 Å². The number of carbonyl (C=O) groups excluding carboxylic acids is 2. The van der Waals surface area contributed by atoms with Crippen LogP contribution in [0.1, 0.15) is 310 Å². The number of hydrogen-bond acceptors (Lipinski definition) is 5. The molecule has 0 saturated heterocycles. The highest BCUT2D eigenvalue weighted by molar-refractivity contribution is 5.77. The van der Waals surface area contributed by atoms with Gasteiger partial charge in [-0.3, -0.25) is 9.59 Å². The first-order valence-electron chi connectivity index (χ1n) is 28.6. The number of allylic oxidation sites excluding steroid dienone is 4. The van der Waals surface area contributed by atoms with Gasteiger partial charge in [-0.1, -0.05) is 270 Å². The third-order valence-corrected chi connectivity index (χ3v) is 13.3. The Morgan fingerprint density at radius 3 is 1.27 bits per heavy atom. The summed E-state index contributed by atoms with van der Waals surface area (Å²) in [5.74, 6) is -0.470. The Bertz CT molecular complexity index is 1010. The normalized spacial score (nSPS) is 13.3. The van der Waals surface area contributed by atoms with Crippen LogP contribution in [0.15, 0.2) is 24.3 Å². The summed E-state index contributed by atoms with van der Waals surface area (Å²) in [7, 11) is 0. The highest BCUT2D eigenvalue weighted by Gasteiger charge is 2.24. The Kier molecular flexibility index (Phi) is 51.0. The van der Waals surface area contributed by atoms with Gasteiger partial charge in [-0.25, -0.2) is 0 Å². The maximum atomic E-state index is 13.2. The van der Waals surface area contributed by atoms with Crippen LogP contribution >= 0.6 is 0 Å². The standard InChI is InChI=1S/C58H111NO5/c1-4-7-10-13-16-19-22-25-27-29-31-33-36-39-42-45-48-51-58(63)64-54(49-46-43-40-37-34-24-21-18-15-12-9-6-3)52-57(62)59-55(53-60)56(61)50-47-44-41-38-35-32-30-28-26-23-20-17-14-11-8-5-2/h9,12,18,21,54-56,60-61H,4-8,10-11,13-17,19-20,22-53H2,1-3H3,(H,59,62)/b12-9+,21-18+. The Hall–Kier alpha value is -1.66. The molecule has 0 spiro atoms. The summed E-state index contributed by atoms with van der Waals surface area (Å²) in [5.41, 5.74) is 0. The van der Waals surface area contributed by atoms with Gasteiger partial charge in [0.1, 0.15) is 6.10 Å². The third kappa shape index (κ3) is 46.9. The van der Waals surface area contributed by atoms with Crippen molar-refractivity contribution >= 4 is 11.9 Å². The first-order chi connectivity index (χ1) is 31.5. The van der Waals surface area contributed by atoms with E-state index < -0.39 is 18.2 Å². The molecule has 0 aliphatic heterocycles. The molecule has 0 aromatic carbocycles. The molecular formula is C58H111NO5. The molecule has 378 valence electrons. The summed E-state index contributed by atoms with van der Waals surface area (Å²) in [6.45, 7) is 6.41. The molecule has 1 amide bonds. The lowest BCUT2D eigenvalue weighted by Gasteiger charge is -2.24. The zero-order valence-corrected chi connectivity index (χ0v) is 43.2. The van der Waals surface area contributed by atoms with Crippen LogP contribution < -0.4 is 5.32 Å². The highest BCUT2D eigenvalue weighted by Crippen LogP contribution is 2.19. The number of esters is 1. The van der Waals surface area contributed by atoms with Gasteiger partial charge in [-0.15, -0.1) is 0 Å². The number of nitrogens with one attached hydrogen (secondary N) is 1. The summed E-state index contributed by atoms with van der Waals surface area (Å²) in [6, 6.07) is -0.702. The first kappa shape index (κ1) is 62.3. The molecule has 0 aromatic heterocycles. The smallest absolute Gasteiger partial charge is 0.306 e. The maximum absolute atomic E-state index is 13.2. The summed E-state index contributed by atoms with van der Waals surface area (Å²) < 4.78 is 5.95. The van der Waals surface area contributed by atoms with Crippen molar-refractivity contribution in [3.63, 3.8) is 0 Å². The number of rotatable bonds is 52. The first-order valence-corrected chi connectivity index (χ1v) is 28.6. The fraction of sp³-hybridized carbons (Fsp3) is 0.897. The van der Waals surface area contributed by atoms with Gasteiger partial charge in [0.15, 0.2) is 0 Å². The largest absolute Gasteiger partial charge is 0.462 e. The predicted octanol–water partition coefficient (Wildman–Crippen LogP) is 17.5. The molecule has 0 saturated carbocycles. The van der Waals surface area contributed by atoms with Crippen LogP contribution in [0.2, 0.25) is 0 Å². The second-order valence-electron chi connectivity index (χ2n) is 19.7. The number of amides is 1. The zero-order valence-electron chi connectivity index (χ0n) is 43.2. The zero-order chi connectivity index (χ0) is 46.7. The summed E-state index contributed by atoms with van der Waals surface area (Å²) >= 11 is 0. The van der Waals surface area contributed by atoms with E-state index in [2.05, 4.69) is 50.4 Å². The minimum atomic E-state index is -0.788. The molecule has 6 heteroatoms. The van der Waals surface area contributed by atoms with Crippen LogP contribution in [0.3, 0.4) is 0 Å². The van der Waals surface area contributed by atoms with Crippen molar-refractivity contribution < 1.29 is 24.5 Å². The van der Waals surface area contributed by atoms with Crippen LogP contribution in [0, 0.1) is 0 Å². The molecule has 3 atom stereocenters. The van der Waals surface area contributed by atoms with E-state index in [9.17, 15) is 19.8 Å². The average molecular weight is 903 g/mol. The maximum Gasteiger partial charge on any atom is 0.306 e. The van der Waals surface area contributed by atoms with E-state index in [1.807, 2.05) is 0 Å². The van der Waals surface area contributed by atoms with E-state index in [4.69, 9.17) is 4.74 Å². The lowest BCUT2D eigenvalue weighted by atomic mass is 10.0. The Morgan fingerprint density at radius 2 is 0.844 bits per heavy atom. The molecule has 3 unspecified atom stereocenters. The van der Waals surface area contributed by atoms with Gasteiger partial charge >= 0.3 is 5.97 Å². The van der Waals surface area contributed by atoms with E-state index in [1.54, 1.807) is 0 Å². The monoisotopic (exact) mass is 902 g/mol. The molecule has 0 aromatic rings. The van der Waals surface area contributed by atoms with E-state index in [0.717, 1.165) is 70.6 Å². The SMILES string of the molecule is CC/C=C/C/C=C/CCCCCCCC(CC(=O)NC(CO)C(O)CCCCCCCCCCCCCCCCCC)OC(=O)CCCCCCCCCCCCCCCCCCC. The molecule has 0 aliphatic rings. The fourth-order valence-corrected chi connectivity index (χ4v) is 9.00. The van der Waals surface area contributed by atoms with Crippen molar-refractivity contribution in [2.75, 3.05) is 6.61 Å². The van der Waals surface area contributed by atoms with Crippen LogP contribution in [0.4, 0.5) is 0 Å². The summed E-state index contributed by atoms with van der Waals surface area (Å²) in [4.78, 5) is 26.2. The van der Waals surface area contributed by atoms with Gasteiger partial charge in [-0.05, 0) is 51.4 Å². The molecule has 0 heterocycles. The minimum Gasteiger partial charge on any atom is -0.462 e. The summed E-state index contributed by atoms with van der Waals surface area (Å²) in [6.07, 6.45) is 61.1. The van der Waals surface area contributed by atoms with Gasteiger partial charge in [0, 0.05) is 6.42 Å². The van der Waals surface area contributed by atoms with Crippen LogP contribution in [0.25, 0.3) is 0 Å². The van der Waals surface area contributed by atoms with Crippen LogP contribution in [-0.2, 0) is 14.3 Å². The van der Waals surface area contributed by atoms with Crippen molar-refractivity contribution in [3.8, 4) is 0 Å². The van der Waals surface area contributed by atoms with Crippen LogP contribution in [-0.4, -0.2) is 46.9 Å². The lowest BCUT2D eigenvalue weighted by Crippen LogP contribution is -2.46. The van der Waals surface area contributed by atoms with Crippen molar-refractivity contribution in [2.45, 2.75) is 328 Å². The molecule has 64 heavy (non-hydrogen) atoms. The molecule has 0 aliphatic carbocycles. The number of ether oxygens (including phenoxy) is 1. The van der Waals surface area contributed by atoms with Crippen molar-refractivity contribution in [1.82, 2.24) is 5.32 Å². The summed E-state index contributed by atoms with van der Waals surface area (Å²) in [5, 5.41) is 23.9. The molecule has 0 fully saturated rings. The lowest BCUT2D eigenvalue weighted by molar-refractivity contribution is -0.151. The van der Waals surface area contributed by atoms with Gasteiger partial charge in [0.05, 0.1) is 25.2 Å². The second kappa shape index (κ2) is 52.3. The van der Waals surface area contributed by atoms with E-state index >= 15 is 0 Å². The van der Waals surface area contributed by atoms with E-state index in [-0.39, 0.29) is 24.9 Å². The molecule has 6 nitrogen and oxygen atoms in total. The molecule has 0 rings (SSSR count). The van der Waals surface area contributed by atoms with Gasteiger partial charge in [0.25, 0.3) is 0 Å². The number of unbranched alkanes of at least 4 members (excludes halogenated alkanes) is 36. The van der Waals surface area contributed by atoms with Gasteiger partial charge < -0.3 is 20.3 Å². The number of aliphatic hydroxyl groups is 2. The van der Waals surface area contributed by atoms with E-state index in [1.165, 1.54) is 193 Å². The molecule has 0 radical (unpaired) electrons. The third-order valence-electron chi connectivity index (χ3n) is 13.3. The Balaban J connectivity index is 4.46. The fourth-order valence-electron chi connectivity index (χ4n) is 9.00. The number of hydrogen-bond donors (Lipinski definition) is 3. The quantitative estimate of drug-likeness (QED) is 0.0321. The average Bonchev–Trinajstić information content (AvgIpc) is 3.29. The predicted molar refractivity (Wildman–Crippen MR) is 278 cm³/mol. The second-order valence-corrected chi connectivity index (χ2v) is 19.7. The highest BCUT2D eigenvalue weighted by atomic mass is 16.5. The number of aliphatic hydroxyl groups excluding tert-OH is 2. The van der Waals surface area contributed by atoms with Crippen molar-refractivity contribution in [1.29, 1.82) is 0 Å². The Morgan fingerprint density at radius 1 is 0.469 bits per heavy atom. The molecule has 3 N–H and O–H groups in total. The van der Waals surface area contributed by atoms with Crippen molar-refractivity contribution in [3.05, 3.63) is 24.3 Å². The van der Waals surface area contributed by atoms with Gasteiger partial charge in [-0.2, -0.15) is 0 Å². The minimum absolute atomic E-state index is 0.0737. The topological polar surface area (TPSA) is 95.9 Å².